The van der Waals surface area contributed by atoms with Crippen LogP contribution in [0.2, 0.25) is 5.04 Å². The van der Waals surface area contributed by atoms with Crippen LogP contribution < -0.4 is 10.4 Å². The molecular formula is C39H44O6SSi. The topological polar surface area (TPSA) is 104 Å². The normalized spacial score (nSPS) is 17.6. The fourth-order valence-corrected chi connectivity index (χ4v) is 13.2. The summed E-state index contributed by atoms with van der Waals surface area (Å²) in [5.74, 6) is -0.114. The Morgan fingerprint density at radius 3 is 2.00 bits per heavy atom. The third-order valence-corrected chi connectivity index (χ3v) is 16.0. The number of aromatic hydroxyl groups is 1. The van der Waals surface area contributed by atoms with Gasteiger partial charge in [0, 0.05) is 0 Å². The number of benzene rings is 4. The molecule has 1 heterocycles. The standard InChI is InChI=1S/C39H44O6SSi/c1-39(2,3)47(34-18-9-5-10-19-34,35-20-11-6-12-21-35)45-27-32-28-46(43,44)37(26-40)38(32)36(42)23-22-31(30-15-7-4-8-16-30)24-29-14-13-17-33(41)25-29/h4-21,24-25,36-37,40-42H,22-23,26-28H2,1-3H3/b31-24-/t36-,37+/m1/s1. The highest BCUT2D eigenvalue weighted by Crippen LogP contribution is 2.39. The van der Waals surface area contributed by atoms with E-state index < -0.39 is 36.1 Å². The van der Waals surface area contributed by atoms with E-state index in [2.05, 4.69) is 45.0 Å². The van der Waals surface area contributed by atoms with Crippen LogP contribution in [0.3, 0.4) is 0 Å². The molecule has 2 atom stereocenters. The van der Waals surface area contributed by atoms with E-state index in [1.165, 1.54) is 0 Å². The van der Waals surface area contributed by atoms with Crippen LogP contribution in [0.4, 0.5) is 0 Å². The van der Waals surface area contributed by atoms with Gasteiger partial charge in [0.05, 0.1) is 25.1 Å². The van der Waals surface area contributed by atoms with E-state index in [0.717, 1.165) is 27.1 Å². The third kappa shape index (κ3) is 7.53. The molecule has 0 aliphatic carbocycles. The number of hydrogen-bond acceptors (Lipinski definition) is 6. The van der Waals surface area contributed by atoms with Crippen molar-refractivity contribution in [2.75, 3.05) is 19.0 Å². The molecule has 246 valence electrons. The van der Waals surface area contributed by atoms with Gasteiger partial charge in [0.2, 0.25) is 0 Å². The fraction of sp³-hybridized carbons (Fsp3) is 0.282. The summed E-state index contributed by atoms with van der Waals surface area (Å²) in [5.41, 5.74) is 3.57. The van der Waals surface area contributed by atoms with Gasteiger partial charge >= 0.3 is 0 Å². The maximum atomic E-state index is 13.4. The van der Waals surface area contributed by atoms with Crippen molar-refractivity contribution < 1.29 is 28.2 Å². The maximum Gasteiger partial charge on any atom is 0.261 e. The first-order chi connectivity index (χ1) is 22.5. The summed E-state index contributed by atoms with van der Waals surface area (Å²) in [7, 11) is -6.74. The van der Waals surface area contributed by atoms with Gasteiger partial charge in [0.15, 0.2) is 9.84 Å². The summed E-state index contributed by atoms with van der Waals surface area (Å²) in [5, 5.41) is 32.8. The van der Waals surface area contributed by atoms with E-state index in [9.17, 15) is 23.7 Å². The second-order valence-electron chi connectivity index (χ2n) is 13.2. The number of rotatable bonds is 12. The van der Waals surface area contributed by atoms with Gasteiger partial charge in [-0.3, -0.25) is 0 Å². The van der Waals surface area contributed by atoms with Crippen LogP contribution in [0.1, 0.15) is 44.7 Å². The lowest BCUT2D eigenvalue weighted by Crippen LogP contribution is -2.66. The summed E-state index contributed by atoms with van der Waals surface area (Å²) in [4.78, 5) is 0. The zero-order valence-electron chi connectivity index (χ0n) is 27.2. The minimum absolute atomic E-state index is 0.0279. The van der Waals surface area contributed by atoms with Gasteiger partial charge in [-0.2, -0.15) is 0 Å². The summed E-state index contributed by atoms with van der Waals surface area (Å²) >= 11 is 0. The van der Waals surface area contributed by atoms with Gasteiger partial charge in [0.25, 0.3) is 8.32 Å². The Morgan fingerprint density at radius 2 is 1.47 bits per heavy atom. The molecule has 0 radical (unpaired) electrons. The number of phenols is 1. The highest BCUT2D eigenvalue weighted by Gasteiger charge is 2.51. The van der Waals surface area contributed by atoms with Gasteiger partial charge in [0.1, 0.15) is 11.0 Å². The minimum atomic E-state index is -3.75. The Morgan fingerprint density at radius 1 is 0.894 bits per heavy atom. The Kier molecular flexibility index (Phi) is 10.7. The average molecular weight is 669 g/mol. The van der Waals surface area contributed by atoms with Crippen molar-refractivity contribution in [2.45, 2.75) is 50.0 Å². The van der Waals surface area contributed by atoms with Crippen molar-refractivity contribution in [1.82, 2.24) is 0 Å². The van der Waals surface area contributed by atoms with Crippen molar-refractivity contribution in [2.24, 2.45) is 0 Å². The van der Waals surface area contributed by atoms with E-state index in [1.807, 2.05) is 78.9 Å². The largest absolute Gasteiger partial charge is 0.508 e. The smallest absolute Gasteiger partial charge is 0.261 e. The van der Waals surface area contributed by atoms with Crippen molar-refractivity contribution in [3.63, 3.8) is 0 Å². The molecule has 0 saturated carbocycles. The molecule has 8 heteroatoms. The van der Waals surface area contributed by atoms with Gasteiger partial charge in [-0.25, -0.2) is 8.42 Å². The van der Waals surface area contributed by atoms with E-state index in [4.69, 9.17) is 4.43 Å². The number of aliphatic hydroxyl groups excluding tert-OH is 2. The zero-order chi connectivity index (χ0) is 33.7. The molecule has 0 amide bonds. The van der Waals surface area contributed by atoms with Crippen LogP contribution in [0.5, 0.6) is 5.75 Å². The van der Waals surface area contributed by atoms with Crippen molar-refractivity contribution >= 4 is 40.2 Å². The lowest BCUT2D eigenvalue weighted by molar-refractivity contribution is 0.188. The molecule has 0 saturated heterocycles. The van der Waals surface area contributed by atoms with Crippen molar-refractivity contribution in [1.29, 1.82) is 0 Å². The van der Waals surface area contributed by atoms with Gasteiger partial charge in [-0.15, -0.1) is 0 Å². The average Bonchev–Trinajstić information content (AvgIpc) is 3.33. The van der Waals surface area contributed by atoms with E-state index in [-0.39, 0.29) is 29.6 Å². The van der Waals surface area contributed by atoms with Crippen LogP contribution in [-0.2, 0) is 14.3 Å². The van der Waals surface area contributed by atoms with Crippen LogP contribution in [0.15, 0.2) is 126 Å². The first-order valence-corrected chi connectivity index (χ1v) is 19.6. The minimum Gasteiger partial charge on any atom is -0.508 e. The molecule has 6 nitrogen and oxygen atoms in total. The quantitative estimate of drug-likeness (QED) is 0.101. The molecule has 0 bridgehead atoms. The maximum absolute atomic E-state index is 13.4. The second kappa shape index (κ2) is 14.5. The molecule has 0 spiro atoms. The molecule has 4 aromatic carbocycles. The summed E-state index contributed by atoms with van der Waals surface area (Å²) in [6.07, 6.45) is 1.53. The Labute approximate surface area is 279 Å². The Balaban J connectivity index is 1.51. The second-order valence-corrected chi connectivity index (χ2v) is 19.7. The van der Waals surface area contributed by atoms with Crippen molar-refractivity contribution in [3.05, 3.63) is 138 Å². The van der Waals surface area contributed by atoms with Gasteiger partial charge < -0.3 is 19.7 Å². The predicted octanol–water partition coefficient (Wildman–Crippen LogP) is 5.74. The monoisotopic (exact) mass is 668 g/mol. The molecular weight excluding hydrogens is 625 g/mol. The Hall–Kier alpha value is -3.79. The highest BCUT2D eigenvalue weighted by atomic mass is 32.2. The number of aliphatic hydroxyl groups is 2. The van der Waals surface area contributed by atoms with Crippen molar-refractivity contribution in [3.8, 4) is 5.75 Å². The molecule has 0 aromatic heterocycles. The fourth-order valence-electron chi connectivity index (χ4n) is 6.81. The lowest BCUT2D eigenvalue weighted by Gasteiger charge is -2.43. The molecule has 1 aliphatic heterocycles. The number of hydrogen-bond donors (Lipinski definition) is 3. The van der Waals surface area contributed by atoms with E-state index in [1.54, 1.807) is 18.2 Å². The molecule has 3 N–H and O–H groups in total. The Bertz CT molecular complexity index is 1770. The molecule has 0 fully saturated rings. The molecule has 1 aliphatic rings. The molecule has 4 aromatic rings. The predicted molar refractivity (Wildman–Crippen MR) is 193 cm³/mol. The first kappa shape index (κ1) is 34.5. The molecule has 5 rings (SSSR count). The van der Waals surface area contributed by atoms with E-state index >= 15 is 0 Å². The van der Waals surface area contributed by atoms with Gasteiger partial charge in [-0.05, 0) is 68.2 Å². The summed E-state index contributed by atoms with van der Waals surface area (Å²) in [6, 6.07) is 37.0. The van der Waals surface area contributed by atoms with Crippen LogP contribution in [-0.4, -0.2) is 62.4 Å². The summed E-state index contributed by atoms with van der Waals surface area (Å²) < 4.78 is 33.9. The highest BCUT2D eigenvalue weighted by molar-refractivity contribution is 7.92. The summed E-state index contributed by atoms with van der Waals surface area (Å²) in [6.45, 7) is 5.90. The van der Waals surface area contributed by atoms with Crippen LogP contribution in [0, 0.1) is 0 Å². The lowest BCUT2D eigenvalue weighted by atomic mass is 9.92. The number of allylic oxidation sites excluding steroid dienone is 1. The van der Waals surface area contributed by atoms with Gasteiger partial charge in [-0.1, -0.05) is 130 Å². The third-order valence-electron chi connectivity index (χ3n) is 9.01. The van der Waals surface area contributed by atoms with E-state index in [0.29, 0.717) is 17.6 Å². The van der Waals surface area contributed by atoms with Crippen LogP contribution >= 0.6 is 0 Å². The SMILES string of the molecule is CC(C)(C)[Si](OCC1=C([C@H](O)CC/C(=C/c2cccc(O)c2)c2ccccc2)[C@H](CO)S(=O)(=O)C1)(c1ccccc1)c1ccccc1. The van der Waals surface area contributed by atoms with Crippen LogP contribution in [0.25, 0.3) is 11.6 Å². The number of phenolic OH excluding ortho intramolecular Hbond substituents is 1. The number of sulfone groups is 1. The first-order valence-electron chi connectivity index (χ1n) is 16.0. The molecule has 0 unspecified atom stereocenters. The zero-order valence-corrected chi connectivity index (χ0v) is 29.0. The molecule has 47 heavy (non-hydrogen) atoms.